The van der Waals surface area contributed by atoms with Gasteiger partial charge in [0, 0.05) is 26.1 Å². The smallest absolute Gasteiger partial charge is 0.354 e. The van der Waals surface area contributed by atoms with Crippen molar-refractivity contribution in [2.45, 2.75) is 25.9 Å². The molecule has 0 radical (unpaired) electrons. The third-order valence-corrected chi connectivity index (χ3v) is 4.83. The summed E-state index contributed by atoms with van der Waals surface area (Å²) >= 11 is 0. The summed E-state index contributed by atoms with van der Waals surface area (Å²) in [5.41, 5.74) is 2.25. The molecule has 30 heavy (non-hydrogen) atoms. The molecule has 3 rings (SSSR count). The summed E-state index contributed by atoms with van der Waals surface area (Å²) in [4.78, 5) is 27.2. The van der Waals surface area contributed by atoms with E-state index in [-0.39, 0.29) is 24.6 Å². The Morgan fingerprint density at radius 1 is 1.13 bits per heavy atom. The molecule has 158 valence electrons. The molecule has 0 saturated heterocycles. The van der Waals surface area contributed by atoms with E-state index in [0.29, 0.717) is 13.1 Å². The third-order valence-electron chi connectivity index (χ3n) is 4.83. The maximum Gasteiger partial charge on any atom is 0.354 e. The van der Waals surface area contributed by atoms with Crippen molar-refractivity contribution in [3.05, 3.63) is 66.2 Å². The number of hydrogen-bond donors (Lipinski definition) is 1. The minimum absolute atomic E-state index is 0.157. The van der Waals surface area contributed by atoms with Gasteiger partial charge in [0.25, 0.3) is 0 Å². The van der Waals surface area contributed by atoms with E-state index >= 15 is 0 Å². The van der Waals surface area contributed by atoms with E-state index in [0.717, 1.165) is 12.2 Å². The van der Waals surface area contributed by atoms with Crippen LogP contribution in [0.4, 0.5) is 5.69 Å². The van der Waals surface area contributed by atoms with Crippen LogP contribution in [0.2, 0.25) is 0 Å². The first-order chi connectivity index (χ1) is 14.6. The van der Waals surface area contributed by atoms with Gasteiger partial charge in [-0.25, -0.2) is 4.79 Å². The van der Waals surface area contributed by atoms with Gasteiger partial charge in [-0.1, -0.05) is 48.5 Å². The van der Waals surface area contributed by atoms with E-state index in [2.05, 4.69) is 27.5 Å². The standard InChI is InChI=1S/C23H28N4O3/c1-3-30-23(29)20-16-21(27(25-20)19-12-8-5-9-13-19)22(28)24-14-15-26(2)17-18-10-6-4-7-11-18/h4-13,21H,3,14-17H2,1-2H3,(H,24,28). The number of nitrogens with zero attached hydrogens (tertiary/aromatic N) is 3. The Labute approximate surface area is 177 Å². The predicted octanol–water partition coefficient (Wildman–Crippen LogP) is 2.43. The van der Waals surface area contributed by atoms with Crippen LogP contribution in [0.25, 0.3) is 0 Å². The lowest BCUT2D eigenvalue weighted by Crippen LogP contribution is -2.44. The Hall–Kier alpha value is -3.19. The Kier molecular flexibility index (Phi) is 7.57. The molecule has 1 amide bonds. The van der Waals surface area contributed by atoms with Crippen LogP contribution >= 0.6 is 0 Å². The van der Waals surface area contributed by atoms with Crippen LogP contribution in [-0.2, 0) is 20.9 Å². The van der Waals surface area contributed by atoms with Gasteiger partial charge < -0.3 is 15.0 Å². The molecule has 0 aromatic heterocycles. The van der Waals surface area contributed by atoms with Crippen molar-refractivity contribution in [2.24, 2.45) is 5.10 Å². The topological polar surface area (TPSA) is 74.2 Å². The van der Waals surface area contributed by atoms with Crippen LogP contribution in [0.5, 0.6) is 0 Å². The van der Waals surface area contributed by atoms with E-state index in [1.54, 1.807) is 11.9 Å². The van der Waals surface area contributed by atoms with Crippen LogP contribution in [0, 0.1) is 0 Å². The molecular weight excluding hydrogens is 380 g/mol. The zero-order chi connectivity index (χ0) is 21.3. The average Bonchev–Trinajstić information content (AvgIpc) is 3.21. The molecule has 1 unspecified atom stereocenters. The van der Waals surface area contributed by atoms with Gasteiger partial charge in [-0.15, -0.1) is 0 Å². The highest BCUT2D eigenvalue weighted by molar-refractivity contribution is 6.38. The van der Waals surface area contributed by atoms with Crippen molar-refractivity contribution >= 4 is 23.3 Å². The van der Waals surface area contributed by atoms with Crippen LogP contribution in [0.1, 0.15) is 18.9 Å². The number of amides is 1. The van der Waals surface area contributed by atoms with Gasteiger partial charge in [-0.05, 0) is 31.7 Å². The highest BCUT2D eigenvalue weighted by atomic mass is 16.5. The van der Waals surface area contributed by atoms with Crippen molar-refractivity contribution in [2.75, 3.05) is 31.8 Å². The van der Waals surface area contributed by atoms with Gasteiger partial charge in [0.1, 0.15) is 11.8 Å². The minimum Gasteiger partial charge on any atom is -0.461 e. The number of carbonyl (C=O) groups is 2. The summed E-state index contributed by atoms with van der Waals surface area (Å²) in [6.07, 6.45) is 0.222. The Balaban J connectivity index is 1.58. The fraction of sp³-hybridized carbons (Fsp3) is 0.348. The number of ether oxygens (including phenoxy) is 1. The first kappa shape index (κ1) is 21.5. The monoisotopic (exact) mass is 408 g/mol. The van der Waals surface area contributed by atoms with E-state index in [4.69, 9.17) is 4.74 Å². The molecule has 7 nitrogen and oxygen atoms in total. The second-order valence-electron chi connectivity index (χ2n) is 7.18. The number of benzene rings is 2. The molecule has 2 aromatic carbocycles. The number of para-hydroxylation sites is 1. The number of esters is 1. The average molecular weight is 409 g/mol. The van der Waals surface area contributed by atoms with E-state index in [1.807, 2.05) is 55.6 Å². The zero-order valence-electron chi connectivity index (χ0n) is 17.5. The van der Waals surface area contributed by atoms with Gasteiger partial charge in [0.05, 0.1) is 12.3 Å². The zero-order valence-corrected chi connectivity index (χ0v) is 17.5. The number of hydrazone groups is 1. The minimum atomic E-state index is -0.578. The molecule has 2 aromatic rings. The van der Waals surface area contributed by atoms with E-state index in [1.165, 1.54) is 5.56 Å². The maximum atomic E-state index is 12.9. The maximum absolute atomic E-state index is 12.9. The third kappa shape index (κ3) is 5.67. The number of rotatable bonds is 9. The first-order valence-electron chi connectivity index (χ1n) is 10.2. The van der Waals surface area contributed by atoms with Crippen molar-refractivity contribution in [1.29, 1.82) is 0 Å². The quantitative estimate of drug-likeness (QED) is 0.645. The number of nitrogens with one attached hydrogen (secondary N) is 1. The predicted molar refractivity (Wildman–Crippen MR) is 117 cm³/mol. The fourth-order valence-electron chi connectivity index (χ4n) is 3.33. The Morgan fingerprint density at radius 2 is 1.80 bits per heavy atom. The molecule has 1 aliphatic rings. The van der Waals surface area contributed by atoms with Crippen molar-refractivity contribution in [3.63, 3.8) is 0 Å². The molecule has 0 spiro atoms. The number of anilines is 1. The van der Waals surface area contributed by atoms with Crippen LogP contribution < -0.4 is 10.3 Å². The molecule has 0 saturated carbocycles. The first-order valence-corrected chi connectivity index (χ1v) is 10.2. The highest BCUT2D eigenvalue weighted by Gasteiger charge is 2.36. The van der Waals surface area contributed by atoms with Crippen LogP contribution in [0.15, 0.2) is 65.8 Å². The van der Waals surface area contributed by atoms with Crippen molar-refractivity contribution < 1.29 is 14.3 Å². The summed E-state index contributed by atoms with van der Waals surface area (Å²) in [6.45, 7) is 4.05. The van der Waals surface area contributed by atoms with Crippen LogP contribution in [0.3, 0.4) is 0 Å². The second-order valence-corrected chi connectivity index (χ2v) is 7.18. The van der Waals surface area contributed by atoms with Gasteiger partial charge in [-0.3, -0.25) is 9.80 Å². The summed E-state index contributed by atoms with van der Waals surface area (Å²) < 4.78 is 5.07. The molecule has 1 heterocycles. The van der Waals surface area contributed by atoms with Gasteiger partial charge in [-0.2, -0.15) is 5.10 Å². The number of hydrogen-bond acceptors (Lipinski definition) is 6. The van der Waals surface area contributed by atoms with Crippen LogP contribution in [-0.4, -0.2) is 55.3 Å². The van der Waals surface area contributed by atoms with E-state index < -0.39 is 12.0 Å². The van der Waals surface area contributed by atoms with E-state index in [9.17, 15) is 9.59 Å². The molecule has 0 bridgehead atoms. The molecule has 0 aliphatic carbocycles. The normalized spacial score (nSPS) is 15.8. The Bertz CT molecular complexity index is 871. The summed E-state index contributed by atoms with van der Waals surface area (Å²) in [6, 6.07) is 19.0. The second kappa shape index (κ2) is 10.5. The summed E-state index contributed by atoms with van der Waals surface area (Å²) in [7, 11) is 2.02. The number of carbonyl (C=O) groups excluding carboxylic acids is 2. The van der Waals surface area contributed by atoms with Gasteiger partial charge >= 0.3 is 5.97 Å². The molecule has 1 aliphatic heterocycles. The summed E-state index contributed by atoms with van der Waals surface area (Å²) in [5.74, 6) is -0.633. The largest absolute Gasteiger partial charge is 0.461 e. The Morgan fingerprint density at radius 3 is 2.47 bits per heavy atom. The molecule has 1 N–H and O–H groups in total. The molecule has 1 atom stereocenters. The van der Waals surface area contributed by atoms with Crippen molar-refractivity contribution in [1.82, 2.24) is 10.2 Å². The lowest BCUT2D eigenvalue weighted by Gasteiger charge is -2.23. The summed E-state index contributed by atoms with van der Waals surface area (Å²) in [5, 5.41) is 8.97. The number of likely N-dealkylation sites (N-methyl/N-ethyl adjacent to an activating group) is 1. The molecule has 0 fully saturated rings. The van der Waals surface area contributed by atoms with Gasteiger partial charge in [0.15, 0.2) is 0 Å². The van der Waals surface area contributed by atoms with Crippen molar-refractivity contribution in [3.8, 4) is 0 Å². The SMILES string of the molecule is CCOC(=O)C1=NN(c2ccccc2)C(C(=O)NCCN(C)Cc2ccccc2)C1. The molecule has 7 heteroatoms. The lowest BCUT2D eigenvalue weighted by atomic mass is 10.1. The molecular formula is C23H28N4O3. The van der Waals surface area contributed by atoms with Gasteiger partial charge in [0.2, 0.25) is 5.91 Å². The lowest BCUT2D eigenvalue weighted by molar-refractivity contribution is -0.135. The highest BCUT2D eigenvalue weighted by Crippen LogP contribution is 2.25. The fourth-order valence-corrected chi connectivity index (χ4v) is 3.33.